The molecule has 0 radical (unpaired) electrons. The van der Waals surface area contributed by atoms with Crippen LogP contribution >= 0.6 is 0 Å². The summed E-state index contributed by atoms with van der Waals surface area (Å²) in [4.78, 5) is 27.6. The van der Waals surface area contributed by atoms with Gasteiger partial charge in [-0.3, -0.25) is 9.59 Å². The number of anilines is 2. The molecule has 2 aliphatic heterocycles. The predicted molar refractivity (Wildman–Crippen MR) is 128 cm³/mol. The summed E-state index contributed by atoms with van der Waals surface area (Å²) in [5, 5.41) is 7.62. The summed E-state index contributed by atoms with van der Waals surface area (Å²) in [5.41, 5.74) is 3.49. The van der Waals surface area contributed by atoms with Crippen LogP contribution in [0.1, 0.15) is 56.5 Å². The Kier molecular flexibility index (Phi) is 5.88. The maximum absolute atomic E-state index is 13.2. The van der Waals surface area contributed by atoms with Gasteiger partial charge in [-0.05, 0) is 37.5 Å². The van der Waals surface area contributed by atoms with Crippen LogP contribution in [0.2, 0.25) is 0 Å². The third kappa shape index (κ3) is 4.69. The molecule has 0 saturated carbocycles. The summed E-state index contributed by atoms with van der Waals surface area (Å²) in [5.74, 6) is -0.190. The van der Waals surface area contributed by atoms with Crippen LogP contribution in [-0.4, -0.2) is 48.1 Å². The number of hydrogen-bond acceptors (Lipinski definition) is 5. The standard InChI is InChI=1S/C24H32N4O4S/c1-15-7-6-8-19(16(15)2)27-13-17(11-22(27)29)23(30)25-21-12-20(24(3,4)5)26-28(21)18-9-10-33(31,32)14-18/h6-8,12,17-18H,9-11,13-14H2,1-5H3,(H,25,30). The molecule has 2 saturated heterocycles. The largest absolute Gasteiger partial charge is 0.311 e. The molecule has 1 aromatic carbocycles. The molecular weight excluding hydrogens is 440 g/mol. The summed E-state index contributed by atoms with van der Waals surface area (Å²) in [6, 6.07) is 7.34. The summed E-state index contributed by atoms with van der Waals surface area (Å²) < 4.78 is 25.8. The van der Waals surface area contributed by atoms with Gasteiger partial charge in [-0.2, -0.15) is 5.10 Å². The molecule has 33 heavy (non-hydrogen) atoms. The van der Waals surface area contributed by atoms with Gasteiger partial charge in [0.15, 0.2) is 9.84 Å². The topological polar surface area (TPSA) is 101 Å². The fourth-order valence-corrected chi connectivity index (χ4v) is 6.17. The van der Waals surface area contributed by atoms with Crippen LogP contribution in [0.3, 0.4) is 0 Å². The normalized spacial score (nSPS) is 22.7. The Morgan fingerprint density at radius 2 is 1.94 bits per heavy atom. The zero-order chi connectivity index (χ0) is 24.1. The van der Waals surface area contributed by atoms with Gasteiger partial charge in [0.05, 0.1) is 29.2 Å². The van der Waals surface area contributed by atoms with Gasteiger partial charge < -0.3 is 10.2 Å². The fourth-order valence-electron chi connectivity index (χ4n) is 4.47. The molecule has 178 valence electrons. The highest BCUT2D eigenvalue weighted by Crippen LogP contribution is 2.33. The van der Waals surface area contributed by atoms with Crippen LogP contribution in [-0.2, 0) is 24.8 Å². The Balaban J connectivity index is 1.56. The number of nitrogens with one attached hydrogen (secondary N) is 1. The highest BCUT2D eigenvalue weighted by Gasteiger charge is 2.37. The van der Waals surface area contributed by atoms with Gasteiger partial charge in [-0.25, -0.2) is 13.1 Å². The van der Waals surface area contributed by atoms with Gasteiger partial charge >= 0.3 is 0 Å². The van der Waals surface area contributed by atoms with Crippen molar-refractivity contribution in [3.63, 3.8) is 0 Å². The molecule has 1 aromatic heterocycles. The third-order valence-electron chi connectivity index (χ3n) is 6.67. The number of carbonyl (C=O) groups excluding carboxylic acids is 2. The van der Waals surface area contributed by atoms with Crippen LogP contribution in [0.4, 0.5) is 11.5 Å². The minimum atomic E-state index is -3.11. The van der Waals surface area contributed by atoms with Gasteiger partial charge in [0.1, 0.15) is 5.82 Å². The van der Waals surface area contributed by atoms with E-state index in [1.807, 2.05) is 58.9 Å². The van der Waals surface area contributed by atoms with E-state index in [1.54, 1.807) is 9.58 Å². The second-order valence-corrected chi connectivity index (χ2v) is 12.5. The van der Waals surface area contributed by atoms with E-state index in [0.717, 1.165) is 22.5 Å². The lowest BCUT2D eigenvalue weighted by Crippen LogP contribution is -2.29. The number of rotatable bonds is 4. The lowest BCUT2D eigenvalue weighted by Gasteiger charge is -2.20. The first kappa shape index (κ1) is 23.5. The van der Waals surface area contributed by atoms with Gasteiger partial charge in [0.25, 0.3) is 0 Å². The quantitative estimate of drug-likeness (QED) is 0.737. The van der Waals surface area contributed by atoms with Crippen molar-refractivity contribution in [2.75, 3.05) is 28.3 Å². The fraction of sp³-hybridized carbons (Fsp3) is 0.542. The van der Waals surface area contributed by atoms with E-state index in [9.17, 15) is 18.0 Å². The number of amides is 2. The van der Waals surface area contributed by atoms with Crippen molar-refractivity contribution in [2.24, 2.45) is 5.92 Å². The van der Waals surface area contributed by atoms with Crippen molar-refractivity contribution in [1.29, 1.82) is 0 Å². The molecule has 2 aliphatic rings. The molecule has 1 N–H and O–H groups in total. The SMILES string of the molecule is Cc1cccc(N2CC(C(=O)Nc3cc(C(C)(C)C)nn3C3CCS(=O)(=O)C3)CC2=O)c1C. The molecule has 9 heteroatoms. The zero-order valence-electron chi connectivity index (χ0n) is 19.9. The minimum absolute atomic E-state index is 0.0173. The van der Waals surface area contributed by atoms with Crippen LogP contribution in [0.5, 0.6) is 0 Å². The van der Waals surface area contributed by atoms with Gasteiger partial charge in [-0.1, -0.05) is 32.9 Å². The maximum atomic E-state index is 13.2. The molecule has 2 unspecified atom stereocenters. The van der Waals surface area contributed by atoms with E-state index < -0.39 is 15.8 Å². The Bertz CT molecular complexity index is 1210. The number of sulfone groups is 1. The first-order valence-electron chi connectivity index (χ1n) is 11.3. The monoisotopic (exact) mass is 472 g/mol. The van der Waals surface area contributed by atoms with Gasteiger partial charge in [-0.15, -0.1) is 0 Å². The van der Waals surface area contributed by atoms with Crippen molar-refractivity contribution in [3.05, 3.63) is 41.1 Å². The van der Waals surface area contributed by atoms with Crippen molar-refractivity contribution >= 4 is 33.2 Å². The summed E-state index contributed by atoms with van der Waals surface area (Å²) in [7, 11) is -3.11. The van der Waals surface area contributed by atoms with E-state index in [4.69, 9.17) is 0 Å². The molecule has 4 rings (SSSR count). The lowest BCUT2D eigenvalue weighted by molar-refractivity contribution is -0.122. The molecule has 2 aromatic rings. The summed E-state index contributed by atoms with van der Waals surface area (Å²) in [6.45, 7) is 10.4. The molecule has 3 heterocycles. The minimum Gasteiger partial charge on any atom is -0.311 e. The zero-order valence-corrected chi connectivity index (χ0v) is 20.7. The van der Waals surface area contributed by atoms with E-state index in [0.29, 0.717) is 18.8 Å². The number of hydrogen-bond donors (Lipinski definition) is 1. The second-order valence-electron chi connectivity index (χ2n) is 10.3. The van der Waals surface area contributed by atoms with Crippen LogP contribution < -0.4 is 10.2 Å². The Labute approximate surface area is 195 Å². The predicted octanol–water partition coefficient (Wildman–Crippen LogP) is 3.15. The first-order chi connectivity index (χ1) is 15.4. The number of aromatic nitrogens is 2. The third-order valence-corrected chi connectivity index (χ3v) is 8.42. The van der Waals surface area contributed by atoms with E-state index >= 15 is 0 Å². The smallest absolute Gasteiger partial charge is 0.230 e. The Hall–Kier alpha value is -2.68. The van der Waals surface area contributed by atoms with Crippen molar-refractivity contribution in [2.45, 2.75) is 58.9 Å². The van der Waals surface area contributed by atoms with Crippen LogP contribution in [0.15, 0.2) is 24.3 Å². The molecule has 8 nitrogen and oxygen atoms in total. The maximum Gasteiger partial charge on any atom is 0.230 e. The van der Waals surface area contributed by atoms with E-state index in [2.05, 4.69) is 10.4 Å². The van der Waals surface area contributed by atoms with Crippen molar-refractivity contribution in [1.82, 2.24) is 9.78 Å². The molecule has 2 fully saturated rings. The highest BCUT2D eigenvalue weighted by molar-refractivity contribution is 7.91. The highest BCUT2D eigenvalue weighted by atomic mass is 32.2. The average Bonchev–Trinajstić information content (AvgIpc) is 3.40. The molecule has 2 amide bonds. The lowest BCUT2D eigenvalue weighted by atomic mass is 9.92. The van der Waals surface area contributed by atoms with E-state index in [-0.39, 0.29) is 41.2 Å². The van der Waals surface area contributed by atoms with Gasteiger partial charge in [0, 0.05) is 30.1 Å². The number of aryl methyl sites for hydroxylation is 1. The van der Waals surface area contributed by atoms with Crippen LogP contribution in [0.25, 0.3) is 0 Å². The molecule has 0 bridgehead atoms. The van der Waals surface area contributed by atoms with E-state index in [1.165, 1.54) is 0 Å². The molecule has 0 spiro atoms. The van der Waals surface area contributed by atoms with Gasteiger partial charge in [0.2, 0.25) is 11.8 Å². The number of benzene rings is 1. The summed E-state index contributed by atoms with van der Waals surface area (Å²) in [6.07, 6.45) is 0.607. The van der Waals surface area contributed by atoms with Crippen molar-refractivity contribution < 1.29 is 18.0 Å². The number of carbonyl (C=O) groups is 2. The van der Waals surface area contributed by atoms with Crippen LogP contribution in [0, 0.1) is 19.8 Å². The Morgan fingerprint density at radius 1 is 1.21 bits per heavy atom. The number of nitrogens with zero attached hydrogens (tertiary/aromatic N) is 3. The van der Waals surface area contributed by atoms with Crippen molar-refractivity contribution in [3.8, 4) is 0 Å². The molecule has 2 atom stereocenters. The molecular formula is C24H32N4O4S. The Morgan fingerprint density at radius 3 is 2.58 bits per heavy atom. The summed E-state index contributed by atoms with van der Waals surface area (Å²) >= 11 is 0. The molecule has 0 aliphatic carbocycles. The second kappa shape index (κ2) is 8.27. The average molecular weight is 473 g/mol. The first-order valence-corrected chi connectivity index (χ1v) is 13.2.